The molecule has 1 aliphatic heterocycles. The van der Waals surface area contributed by atoms with Crippen LogP contribution in [0.2, 0.25) is 0 Å². The molecule has 3 aromatic heterocycles. The molecule has 1 saturated heterocycles. The van der Waals surface area contributed by atoms with Gasteiger partial charge in [0.25, 0.3) is 0 Å². The van der Waals surface area contributed by atoms with Crippen LogP contribution in [0.3, 0.4) is 0 Å². The highest BCUT2D eigenvalue weighted by molar-refractivity contribution is 5.99. The number of pyridine rings is 1. The summed E-state index contributed by atoms with van der Waals surface area (Å²) < 4.78 is 10.2. The number of carbonyl (C=O) groups is 1. The molecule has 0 saturated carbocycles. The van der Waals surface area contributed by atoms with Crippen LogP contribution in [0.5, 0.6) is 0 Å². The fraction of sp³-hybridized carbons (Fsp3) is 0.208. The summed E-state index contributed by atoms with van der Waals surface area (Å²) in [7, 11) is 0. The first-order valence-corrected chi connectivity index (χ1v) is 10.9. The molecule has 5 rings (SSSR count). The van der Waals surface area contributed by atoms with E-state index in [4.69, 9.17) is 19.2 Å². The zero-order valence-electron chi connectivity index (χ0n) is 18.6. The number of morpholine rings is 1. The van der Waals surface area contributed by atoms with Gasteiger partial charge in [0.2, 0.25) is 0 Å². The van der Waals surface area contributed by atoms with Crippen molar-refractivity contribution in [3.8, 4) is 22.6 Å². The number of aromatic nitrogens is 4. The third-order valence-electron chi connectivity index (χ3n) is 5.46. The van der Waals surface area contributed by atoms with Crippen LogP contribution in [-0.4, -0.2) is 52.4 Å². The van der Waals surface area contributed by atoms with Gasteiger partial charge in [0.05, 0.1) is 18.9 Å². The molecule has 0 radical (unpaired) electrons. The van der Waals surface area contributed by atoms with Gasteiger partial charge in [-0.1, -0.05) is 5.16 Å². The van der Waals surface area contributed by atoms with Gasteiger partial charge in [-0.3, -0.25) is 10.3 Å². The molecular weight excluding hydrogens is 434 g/mol. The molecule has 0 spiro atoms. The molecule has 4 aromatic rings. The molecule has 0 bridgehead atoms. The predicted octanol–water partition coefficient (Wildman–Crippen LogP) is 3.98. The molecule has 34 heavy (non-hydrogen) atoms. The third kappa shape index (κ3) is 4.71. The average Bonchev–Trinajstić information content (AvgIpc) is 3.39. The van der Waals surface area contributed by atoms with Crippen molar-refractivity contribution in [2.24, 2.45) is 0 Å². The Labute approximate surface area is 196 Å². The summed E-state index contributed by atoms with van der Waals surface area (Å²) in [6, 6.07) is 12.4. The summed E-state index contributed by atoms with van der Waals surface area (Å²) in [5, 5.41) is 9.02. The molecule has 1 fully saturated rings. The van der Waals surface area contributed by atoms with Gasteiger partial charge in [-0.25, -0.2) is 14.8 Å². The number of hydrogen-bond donors (Lipinski definition) is 2. The molecule has 1 aliphatic rings. The van der Waals surface area contributed by atoms with Crippen LogP contribution in [0, 0.1) is 6.92 Å². The molecule has 4 heterocycles. The summed E-state index contributed by atoms with van der Waals surface area (Å²) in [6.07, 6.45) is 4.91. The lowest BCUT2D eigenvalue weighted by Gasteiger charge is -2.30. The lowest BCUT2D eigenvalue weighted by atomic mass is 10.1. The maximum Gasteiger partial charge on any atom is 0.324 e. The van der Waals surface area contributed by atoms with Crippen molar-refractivity contribution in [2.45, 2.75) is 6.92 Å². The van der Waals surface area contributed by atoms with E-state index in [-0.39, 0.29) is 0 Å². The second kappa shape index (κ2) is 9.67. The Morgan fingerprint density at radius 1 is 0.941 bits per heavy atom. The Kier molecular flexibility index (Phi) is 6.13. The minimum absolute atomic E-state index is 0.335. The number of amides is 2. The van der Waals surface area contributed by atoms with E-state index in [1.54, 1.807) is 30.6 Å². The van der Waals surface area contributed by atoms with E-state index in [1.807, 2.05) is 31.2 Å². The van der Waals surface area contributed by atoms with Crippen LogP contribution in [0.15, 0.2) is 65.6 Å². The van der Waals surface area contributed by atoms with E-state index in [2.05, 4.69) is 25.7 Å². The molecule has 1 aromatic carbocycles. The molecule has 2 N–H and O–H groups in total. The van der Waals surface area contributed by atoms with Crippen molar-refractivity contribution < 1.29 is 14.1 Å². The number of hydrogen-bond acceptors (Lipinski definition) is 8. The van der Waals surface area contributed by atoms with Gasteiger partial charge in [0, 0.05) is 53.9 Å². The van der Waals surface area contributed by atoms with Crippen molar-refractivity contribution in [1.82, 2.24) is 20.1 Å². The first-order valence-electron chi connectivity index (χ1n) is 10.9. The van der Waals surface area contributed by atoms with Crippen molar-refractivity contribution in [3.63, 3.8) is 0 Å². The van der Waals surface area contributed by atoms with Crippen LogP contribution in [0.4, 0.5) is 22.1 Å². The average molecular weight is 457 g/mol. The zero-order valence-corrected chi connectivity index (χ0v) is 18.6. The number of nitrogens with zero attached hydrogens (tertiary/aromatic N) is 5. The summed E-state index contributed by atoms with van der Waals surface area (Å²) in [4.78, 5) is 28.3. The lowest BCUT2D eigenvalue weighted by Crippen LogP contribution is -2.37. The summed E-state index contributed by atoms with van der Waals surface area (Å²) in [5.41, 5.74) is 4.32. The summed E-state index contributed by atoms with van der Waals surface area (Å²) in [6.45, 7) is 4.93. The van der Waals surface area contributed by atoms with Crippen LogP contribution in [0.1, 0.15) is 5.56 Å². The Hall–Kier alpha value is -4.31. The van der Waals surface area contributed by atoms with Gasteiger partial charge in [-0.15, -0.1) is 0 Å². The highest BCUT2D eigenvalue weighted by atomic mass is 16.5. The van der Waals surface area contributed by atoms with Crippen LogP contribution in [-0.2, 0) is 4.74 Å². The second-order valence-corrected chi connectivity index (χ2v) is 7.72. The first-order chi connectivity index (χ1) is 16.7. The normalized spacial score (nSPS) is 13.5. The van der Waals surface area contributed by atoms with Crippen molar-refractivity contribution >= 4 is 23.4 Å². The number of ether oxygens (including phenoxy) is 1. The number of anilines is 3. The van der Waals surface area contributed by atoms with Crippen LogP contribution < -0.4 is 15.5 Å². The lowest BCUT2D eigenvalue weighted by molar-refractivity contribution is 0.122. The molecule has 0 aliphatic carbocycles. The molecule has 0 unspecified atom stereocenters. The summed E-state index contributed by atoms with van der Waals surface area (Å²) in [5.74, 6) is 1.84. The molecule has 10 nitrogen and oxygen atoms in total. The minimum Gasteiger partial charge on any atom is -0.378 e. The SMILES string of the molecule is Cc1c(-c2ccncc2)nc(-c2ccc(NC(=O)Nc3ccon3)cc2)nc1N1CCOCC1. The largest absolute Gasteiger partial charge is 0.378 e. The monoisotopic (exact) mass is 457 g/mol. The number of carbonyl (C=O) groups excluding carboxylic acids is 1. The Bertz CT molecular complexity index is 1260. The second-order valence-electron chi connectivity index (χ2n) is 7.72. The van der Waals surface area contributed by atoms with Gasteiger partial charge in [0.1, 0.15) is 12.1 Å². The maximum atomic E-state index is 12.1. The van der Waals surface area contributed by atoms with Gasteiger partial charge in [-0.05, 0) is 43.3 Å². The van der Waals surface area contributed by atoms with Crippen molar-refractivity contribution in [2.75, 3.05) is 41.8 Å². The van der Waals surface area contributed by atoms with Gasteiger partial charge >= 0.3 is 6.03 Å². The van der Waals surface area contributed by atoms with E-state index in [0.717, 1.165) is 41.3 Å². The third-order valence-corrected chi connectivity index (χ3v) is 5.46. The van der Waals surface area contributed by atoms with E-state index >= 15 is 0 Å². The van der Waals surface area contributed by atoms with Gasteiger partial charge in [0.15, 0.2) is 11.6 Å². The molecule has 2 amide bonds. The molecular formula is C24H23N7O3. The number of rotatable bonds is 5. The van der Waals surface area contributed by atoms with Gasteiger partial charge in [-0.2, -0.15) is 0 Å². The predicted molar refractivity (Wildman–Crippen MR) is 128 cm³/mol. The first kappa shape index (κ1) is 21.5. The Balaban J connectivity index is 1.44. The van der Waals surface area contributed by atoms with Crippen LogP contribution in [0.25, 0.3) is 22.6 Å². The zero-order chi connectivity index (χ0) is 23.3. The number of nitrogens with one attached hydrogen (secondary N) is 2. The fourth-order valence-corrected chi connectivity index (χ4v) is 3.77. The minimum atomic E-state index is -0.414. The van der Waals surface area contributed by atoms with E-state index in [9.17, 15) is 4.79 Å². The highest BCUT2D eigenvalue weighted by Gasteiger charge is 2.20. The standard InChI is InChI=1S/C24H23N7O3/c1-16-21(17-6-9-25-10-7-17)28-22(29-23(16)31-11-14-33-15-12-31)18-2-4-19(5-3-18)26-24(32)27-20-8-13-34-30-20/h2-10,13H,11-12,14-15H2,1H3,(H2,26,27,30,32). The fourth-order valence-electron chi connectivity index (χ4n) is 3.77. The smallest absolute Gasteiger partial charge is 0.324 e. The van der Waals surface area contributed by atoms with Crippen molar-refractivity contribution in [3.05, 3.63) is 66.7 Å². The molecule has 10 heteroatoms. The summed E-state index contributed by atoms with van der Waals surface area (Å²) >= 11 is 0. The van der Waals surface area contributed by atoms with Crippen molar-refractivity contribution in [1.29, 1.82) is 0 Å². The molecule has 0 atom stereocenters. The number of urea groups is 1. The van der Waals surface area contributed by atoms with E-state index < -0.39 is 6.03 Å². The Morgan fingerprint density at radius 2 is 1.71 bits per heavy atom. The van der Waals surface area contributed by atoms with Crippen LogP contribution >= 0.6 is 0 Å². The van der Waals surface area contributed by atoms with Gasteiger partial charge < -0.3 is 19.5 Å². The molecule has 172 valence electrons. The maximum absolute atomic E-state index is 12.1. The van der Waals surface area contributed by atoms with E-state index in [1.165, 1.54) is 6.26 Å². The topological polar surface area (TPSA) is 118 Å². The highest BCUT2D eigenvalue weighted by Crippen LogP contribution is 2.31. The Morgan fingerprint density at radius 3 is 2.41 bits per heavy atom. The van der Waals surface area contributed by atoms with E-state index in [0.29, 0.717) is 30.5 Å². The quantitative estimate of drug-likeness (QED) is 0.462. The number of benzene rings is 1.